The fraction of sp³-hybridized carbons (Fsp3) is 0.154. The quantitative estimate of drug-likeness (QED) is 0.0349. The van der Waals surface area contributed by atoms with Gasteiger partial charge in [-0.05, 0) is 54.6 Å². The van der Waals surface area contributed by atoms with Crippen LogP contribution in [0.3, 0.4) is 0 Å². The average Bonchev–Trinajstić information content (AvgIpc) is 3.41. The maximum absolute atomic E-state index is 13.7. The number of alkyl halides is 6. The number of nitriles is 1. The Bertz CT molecular complexity index is 3180. The van der Waals surface area contributed by atoms with E-state index in [0.717, 1.165) is 18.0 Å². The molecule has 73 heavy (non-hydrogen) atoms. The van der Waals surface area contributed by atoms with E-state index in [2.05, 4.69) is 50.7 Å². The molecule has 0 spiro atoms. The van der Waals surface area contributed by atoms with E-state index in [1.165, 1.54) is 69.1 Å². The van der Waals surface area contributed by atoms with Crippen LogP contribution < -0.4 is 31.2 Å². The van der Waals surface area contributed by atoms with Crippen molar-refractivity contribution in [3.05, 3.63) is 179 Å². The lowest BCUT2D eigenvalue weighted by molar-refractivity contribution is -0.137. The van der Waals surface area contributed by atoms with Crippen molar-refractivity contribution in [2.75, 3.05) is 56.3 Å². The van der Waals surface area contributed by atoms with Gasteiger partial charge in [-0.1, -0.05) is 78.3 Å². The number of methoxy groups -OCH3 is 2. The van der Waals surface area contributed by atoms with E-state index in [-0.39, 0.29) is 27.9 Å². The number of para-hydroxylation sites is 2. The van der Waals surface area contributed by atoms with Crippen LogP contribution in [0.2, 0.25) is 5.15 Å². The van der Waals surface area contributed by atoms with Crippen LogP contribution in [-0.2, 0) is 12.4 Å². The van der Waals surface area contributed by atoms with Crippen LogP contribution in [0.5, 0.6) is 11.5 Å². The molecule has 0 saturated carbocycles. The van der Waals surface area contributed by atoms with Crippen LogP contribution >= 0.6 is 11.6 Å². The summed E-state index contributed by atoms with van der Waals surface area (Å²) >= 11 is 6.04. The first-order valence-electron chi connectivity index (χ1n) is 21.8. The van der Waals surface area contributed by atoms with Gasteiger partial charge in [0.05, 0.1) is 48.9 Å². The number of nitrogens with zero attached hydrogens (tertiary/aromatic N) is 8. The second-order valence-electron chi connectivity index (χ2n) is 15.0. The molecule has 372 valence electrons. The molecule has 0 aliphatic carbocycles. The van der Waals surface area contributed by atoms with Crippen molar-refractivity contribution < 1.29 is 35.8 Å². The fourth-order valence-corrected chi connectivity index (χ4v) is 6.92. The molecule has 0 aliphatic heterocycles. The maximum atomic E-state index is 13.7. The Balaban J connectivity index is 0.000000202. The highest BCUT2D eigenvalue weighted by Gasteiger charge is 2.35. The predicted molar refractivity (Wildman–Crippen MR) is 268 cm³/mol. The van der Waals surface area contributed by atoms with Crippen LogP contribution in [0.15, 0.2) is 146 Å². The molecule has 0 aliphatic rings. The van der Waals surface area contributed by atoms with Crippen molar-refractivity contribution >= 4 is 34.7 Å². The van der Waals surface area contributed by atoms with Gasteiger partial charge in [0.15, 0.2) is 11.6 Å². The average molecular weight is 1020 g/mol. The van der Waals surface area contributed by atoms with E-state index in [1.807, 2.05) is 6.07 Å². The number of nitrogens with two attached hydrogens (primary N) is 1. The lowest BCUT2D eigenvalue weighted by Gasteiger charge is -2.15. The second kappa shape index (κ2) is 25.3. The van der Waals surface area contributed by atoms with Gasteiger partial charge in [0, 0.05) is 73.0 Å². The summed E-state index contributed by atoms with van der Waals surface area (Å²) in [6.45, 7) is 8.81. The smallest absolute Gasteiger partial charge is 0.417 e. The summed E-state index contributed by atoms with van der Waals surface area (Å²) in [5.74, 6) is 2.61. The Morgan fingerprint density at radius 3 is 1.52 bits per heavy atom. The zero-order valence-electron chi connectivity index (χ0n) is 38.8. The van der Waals surface area contributed by atoms with E-state index in [4.69, 9.17) is 38.6 Å². The summed E-state index contributed by atoms with van der Waals surface area (Å²) in [6.07, 6.45) is -6.09. The summed E-state index contributed by atoms with van der Waals surface area (Å²) < 4.78 is 91.6. The van der Waals surface area contributed by atoms with Gasteiger partial charge in [-0.2, -0.15) is 31.6 Å². The van der Waals surface area contributed by atoms with E-state index >= 15 is 0 Å². The van der Waals surface area contributed by atoms with Gasteiger partial charge >= 0.3 is 12.4 Å². The molecular weight excluding hydrogens is 974 g/mol. The molecule has 4 heterocycles. The van der Waals surface area contributed by atoms with Crippen LogP contribution in [-0.4, -0.2) is 70.3 Å². The molecule has 0 amide bonds. The summed E-state index contributed by atoms with van der Waals surface area (Å²) in [7, 11) is 3.02. The number of hydrogen-bond donors (Lipinski definition) is 4. The molecule has 0 unspecified atom stereocenters. The number of ether oxygens (including phenoxy) is 2. The first kappa shape index (κ1) is 53.5. The molecule has 4 aromatic heterocycles. The van der Waals surface area contributed by atoms with E-state index in [1.54, 1.807) is 78.9 Å². The van der Waals surface area contributed by atoms with Gasteiger partial charge in [0.2, 0.25) is 5.69 Å². The molecule has 0 fully saturated rings. The SMILES string of the molecule is COc1ccccc1-c1cc(Cl)nc(-c2ccccc2C(F)(F)F)n1.COc1ccccc1-c1cc(NCCNc2ccc(C#N)cn2)nc(-c2ccccc2C(F)(F)F)n1.[C-]#[N+]c1ccc(NCCN)nc1. The Kier molecular flexibility index (Phi) is 18.6. The van der Waals surface area contributed by atoms with Crippen molar-refractivity contribution in [2.45, 2.75) is 12.4 Å². The van der Waals surface area contributed by atoms with Gasteiger partial charge in [-0.15, -0.1) is 0 Å². The summed E-state index contributed by atoms with van der Waals surface area (Å²) in [5.41, 5.74) is 6.44. The Morgan fingerprint density at radius 2 is 1.05 bits per heavy atom. The molecule has 8 aromatic rings. The number of anilines is 3. The molecule has 0 radical (unpaired) electrons. The molecule has 5 N–H and O–H groups in total. The zero-order chi connectivity index (χ0) is 52.4. The van der Waals surface area contributed by atoms with Crippen LogP contribution in [0.25, 0.3) is 50.1 Å². The van der Waals surface area contributed by atoms with Crippen molar-refractivity contribution in [1.29, 1.82) is 5.26 Å². The van der Waals surface area contributed by atoms with Gasteiger partial charge in [0.25, 0.3) is 0 Å². The standard InChI is InChI=1S/C26H21F3N6O.C18H12ClF3N2O.C8H10N4/c1-36-22-9-5-3-7-19(22)21-14-24(32-13-12-31-23-11-10-17(15-30)16-33-23)35-25(34-21)18-6-2-4-8-20(18)26(27,28)29;1-25-15-9-5-3-7-12(15)14-10-16(19)24-17(23-14)11-6-2-4-8-13(11)18(20,21)22;1-10-7-2-3-8(12-6-7)11-5-4-9/h2-11,14,16H,12-13H2,1H3,(H,31,33)(H,32,34,35);2-10H,1H3;2-3,6H,4-5,9H2,(H,11,12). The predicted octanol–water partition coefficient (Wildman–Crippen LogP) is 12.1. The number of halogens is 7. The van der Waals surface area contributed by atoms with Crippen LogP contribution in [0, 0.1) is 17.9 Å². The first-order chi connectivity index (χ1) is 35.1. The third kappa shape index (κ3) is 14.8. The number of pyridine rings is 2. The summed E-state index contributed by atoms with van der Waals surface area (Å²) in [6, 6.07) is 36.5. The number of hydrogen-bond acceptors (Lipinski definition) is 13. The van der Waals surface area contributed by atoms with Crippen LogP contribution in [0.4, 0.5) is 49.5 Å². The van der Waals surface area contributed by atoms with Gasteiger partial charge in [-0.25, -0.2) is 29.8 Å². The normalized spacial score (nSPS) is 10.8. The first-order valence-corrected chi connectivity index (χ1v) is 22.2. The van der Waals surface area contributed by atoms with Crippen molar-refractivity contribution in [3.63, 3.8) is 0 Å². The lowest BCUT2D eigenvalue weighted by Crippen LogP contribution is -2.15. The van der Waals surface area contributed by atoms with Crippen LogP contribution in [0.1, 0.15) is 16.7 Å². The molecule has 0 saturated heterocycles. The summed E-state index contributed by atoms with van der Waals surface area (Å²) in [4.78, 5) is 28.5. The Labute approximate surface area is 420 Å². The number of rotatable bonds is 14. The van der Waals surface area contributed by atoms with E-state index < -0.39 is 23.5 Å². The van der Waals surface area contributed by atoms with Gasteiger partial charge in [-0.3, -0.25) is 4.98 Å². The maximum Gasteiger partial charge on any atom is 0.417 e. The highest BCUT2D eigenvalue weighted by Crippen LogP contribution is 2.39. The molecule has 21 heteroatoms. The molecule has 0 atom stereocenters. The minimum absolute atomic E-state index is 0.0443. The molecule has 4 aromatic carbocycles. The Hall–Kier alpha value is -8.85. The summed E-state index contributed by atoms with van der Waals surface area (Å²) in [5, 5.41) is 18.2. The number of nitrogens with one attached hydrogen (secondary N) is 3. The second-order valence-corrected chi connectivity index (χ2v) is 15.4. The highest BCUT2D eigenvalue weighted by atomic mass is 35.5. The minimum atomic E-state index is -4.56. The number of benzene rings is 4. The highest BCUT2D eigenvalue weighted by molar-refractivity contribution is 6.29. The minimum Gasteiger partial charge on any atom is -0.496 e. The van der Waals surface area contributed by atoms with E-state index in [0.29, 0.717) is 83.1 Å². The topological polar surface area (TPSA) is 186 Å². The fourth-order valence-electron chi connectivity index (χ4n) is 6.74. The molecule has 8 rings (SSSR count). The third-order valence-corrected chi connectivity index (χ3v) is 10.3. The van der Waals surface area contributed by atoms with E-state index in [9.17, 15) is 26.3 Å². The van der Waals surface area contributed by atoms with Crippen molar-refractivity contribution in [1.82, 2.24) is 29.9 Å². The molecular formula is C52H43ClF6N12O2. The zero-order valence-corrected chi connectivity index (χ0v) is 39.6. The lowest BCUT2D eigenvalue weighted by atomic mass is 10.1. The molecule has 0 bridgehead atoms. The number of aromatic nitrogens is 6. The van der Waals surface area contributed by atoms with Crippen molar-refractivity contribution in [3.8, 4) is 62.9 Å². The molecule has 14 nitrogen and oxygen atoms in total. The Morgan fingerprint density at radius 1 is 0.589 bits per heavy atom. The monoisotopic (exact) mass is 1020 g/mol. The van der Waals surface area contributed by atoms with Gasteiger partial charge < -0.3 is 31.2 Å². The largest absolute Gasteiger partial charge is 0.496 e. The van der Waals surface area contributed by atoms with Crippen molar-refractivity contribution in [2.24, 2.45) is 5.73 Å². The van der Waals surface area contributed by atoms with Gasteiger partial charge in [0.1, 0.15) is 40.2 Å². The third-order valence-electron chi connectivity index (χ3n) is 10.1.